The van der Waals surface area contributed by atoms with Crippen molar-refractivity contribution in [1.82, 2.24) is 0 Å². The van der Waals surface area contributed by atoms with E-state index in [1.807, 2.05) is 18.4 Å². The third kappa shape index (κ3) is 1.33. The zero-order valence-corrected chi connectivity index (χ0v) is 8.91. The molecule has 1 nitrogen and oxygen atoms in total. The average Bonchev–Trinajstić information content (AvgIpc) is 2.83. The minimum absolute atomic E-state index is 0.0373. The van der Waals surface area contributed by atoms with Gasteiger partial charge < -0.3 is 0 Å². The van der Waals surface area contributed by atoms with Crippen LogP contribution in [0, 0.1) is 12.3 Å². The van der Waals surface area contributed by atoms with E-state index in [2.05, 4.69) is 6.92 Å². The van der Waals surface area contributed by atoms with E-state index in [1.54, 1.807) is 11.3 Å². The van der Waals surface area contributed by atoms with Gasteiger partial charge in [-0.3, -0.25) is 4.79 Å². The summed E-state index contributed by atoms with van der Waals surface area (Å²) in [6.45, 7) is 4.14. The summed E-state index contributed by atoms with van der Waals surface area (Å²) >= 11 is 1.59. The monoisotopic (exact) mass is 194 g/mol. The highest BCUT2D eigenvalue weighted by atomic mass is 32.1. The summed E-state index contributed by atoms with van der Waals surface area (Å²) < 4.78 is 0. The molecule has 1 fully saturated rings. The van der Waals surface area contributed by atoms with E-state index in [4.69, 9.17) is 0 Å². The first-order valence-electron chi connectivity index (χ1n) is 4.78. The first-order chi connectivity index (χ1) is 6.19. The predicted octanol–water partition coefficient (Wildman–Crippen LogP) is 3.43. The zero-order chi connectivity index (χ0) is 9.47. The highest BCUT2D eigenvalue weighted by Gasteiger charge is 2.48. The molecule has 0 saturated heterocycles. The largest absolute Gasteiger partial charge is 0.293 e. The second-order valence-electron chi connectivity index (χ2n) is 3.90. The van der Waals surface area contributed by atoms with Gasteiger partial charge >= 0.3 is 0 Å². The highest BCUT2D eigenvalue weighted by Crippen LogP contribution is 2.51. The van der Waals surface area contributed by atoms with Crippen LogP contribution in [-0.4, -0.2) is 5.78 Å². The van der Waals surface area contributed by atoms with E-state index >= 15 is 0 Å². The molecule has 0 amide bonds. The van der Waals surface area contributed by atoms with Crippen LogP contribution in [0.25, 0.3) is 0 Å². The number of ketones is 1. The Hall–Kier alpha value is -0.630. The Balaban J connectivity index is 2.28. The minimum atomic E-state index is 0.0373. The standard InChI is InChI=1S/C11H14OS/c1-3-11(5-6-11)10(12)9-8(2)4-7-13-9/h4,7H,3,5-6H2,1-2H3. The minimum Gasteiger partial charge on any atom is -0.293 e. The van der Waals surface area contributed by atoms with Crippen LogP contribution in [-0.2, 0) is 0 Å². The van der Waals surface area contributed by atoms with E-state index in [-0.39, 0.29) is 5.41 Å². The average molecular weight is 194 g/mol. The number of aryl methyl sites for hydroxylation is 1. The molecule has 1 heterocycles. The van der Waals surface area contributed by atoms with Crippen LogP contribution in [0.5, 0.6) is 0 Å². The number of rotatable bonds is 3. The molecule has 0 N–H and O–H groups in total. The summed E-state index contributed by atoms with van der Waals surface area (Å²) in [7, 11) is 0. The second-order valence-corrected chi connectivity index (χ2v) is 4.81. The quantitative estimate of drug-likeness (QED) is 0.674. The molecule has 0 aliphatic heterocycles. The summed E-state index contributed by atoms with van der Waals surface area (Å²) in [6.07, 6.45) is 3.20. The van der Waals surface area contributed by atoms with Crippen LogP contribution in [0.4, 0.5) is 0 Å². The van der Waals surface area contributed by atoms with E-state index in [0.29, 0.717) is 5.78 Å². The summed E-state index contributed by atoms with van der Waals surface area (Å²) in [5.74, 6) is 0.391. The molecule has 13 heavy (non-hydrogen) atoms. The molecule has 2 rings (SSSR count). The molecule has 1 saturated carbocycles. The van der Waals surface area contributed by atoms with Crippen LogP contribution >= 0.6 is 11.3 Å². The van der Waals surface area contributed by atoms with Crippen molar-refractivity contribution < 1.29 is 4.79 Å². The number of thiophene rings is 1. The van der Waals surface area contributed by atoms with Crippen molar-refractivity contribution >= 4 is 17.1 Å². The Morgan fingerprint density at radius 2 is 2.31 bits per heavy atom. The maximum Gasteiger partial charge on any atom is 0.179 e. The van der Waals surface area contributed by atoms with Crippen molar-refractivity contribution in [2.45, 2.75) is 33.1 Å². The fourth-order valence-corrected chi connectivity index (χ4v) is 2.72. The summed E-state index contributed by atoms with van der Waals surface area (Å²) in [4.78, 5) is 13.0. The fourth-order valence-electron chi connectivity index (χ4n) is 1.74. The van der Waals surface area contributed by atoms with E-state index in [9.17, 15) is 4.79 Å². The molecular formula is C11H14OS. The number of carbonyl (C=O) groups is 1. The Morgan fingerprint density at radius 3 is 2.69 bits per heavy atom. The molecule has 0 unspecified atom stereocenters. The molecule has 1 aromatic heterocycles. The van der Waals surface area contributed by atoms with Crippen LogP contribution in [0.15, 0.2) is 11.4 Å². The topological polar surface area (TPSA) is 17.1 Å². The lowest BCUT2D eigenvalue weighted by atomic mass is 9.95. The maximum atomic E-state index is 12.1. The fraction of sp³-hybridized carbons (Fsp3) is 0.545. The van der Waals surface area contributed by atoms with Crippen LogP contribution in [0.1, 0.15) is 41.4 Å². The van der Waals surface area contributed by atoms with Gasteiger partial charge in [-0.25, -0.2) is 0 Å². The molecular weight excluding hydrogens is 180 g/mol. The van der Waals surface area contributed by atoms with Gasteiger partial charge in [0.25, 0.3) is 0 Å². The number of hydrogen-bond acceptors (Lipinski definition) is 2. The summed E-state index contributed by atoms with van der Waals surface area (Å²) in [5.41, 5.74) is 1.19. The lowest BCUT2D eigenvalue weighted by molar-refractivity contribution is 0.0900. The molecule has 1 aromatic rings. The normalized spacial score (nSPS) is 18.6. The molecule has 0 atom stereocenters. The highest BCUT2D eigenvalue weighted by molar-refractivity contribution is 7.12. The smallest absolute Gasteiger partial charge is 0.179 e. The summed E-state index contributed by atoms with van der Waals surface area (Å²) in [6, 6.07) is 2.03. The van der Waals surface area contributed by atoms with Crippen LogP contribution in [0.3, 0.4) is 0 Å². The van der Waals surface area contributed by atoms with Gasteiger partial charge in [0.15, 0.2) is 5.78 Å². The molecule has 0 bridgehead atoms. The first-order valence-corrected chi connectivity index (χ1v) is 5.66. The van der Waals surface area contributed by atoms with Crippen molar-refractivity contribution in [1.29, 1.82) is 0 Å². The van der Waals surface area contributed by atoms with Crippen LogP contribution in [0.2, 0.25) is 0 Å². The second kappa shape index (κ2) is 2.95. The van der Waals surface area contributed by atoms with Gasteiger partial charge in [-0.15, -0.1) is 11.3 Å². The Labute approximate surface area is 82.8 Å². The SMILES string of the molecule is CCC1(C(=O)c2sccc2C)CC1. The van der Waals surface area contributed by atoms with Gasteiger partial charge in [-0.05, 0) is 43.2 Å². The van der Waals surface area contributed by atoms with Gasteiger partial charge in [-0.1, -0.05) is 6.92 Å². The zero-order valence-electron chi connectivity index (χ0n) is 8.09. The molecule has 1 aliphatic rings. The molecule has 70 valence electrons. The van der Waals surface area contributed by atoms with Gasteiger partial charge in [0.05, 0.1) is 4.88 Å². The van der Waals surface area contributed by atoms with Crippen molar-refractivity contribution in [2.24, 2.45) is 5.41 Å². The molecule has 0 aromatic carbocycles. The number of carbonyl (C=O) groups excluding carboxylic acids is 1. The Bertz CT molecular complexity index is 334. The Morgan fingerprint density at radius 1 is 1.62 bits per heavy atom. The van der Waals surface area contributed by atoms with Gasteiger partial charge in [0.2, 0.25) is 0 Å². The van der Waals surface area contributed by atoms with E-state index in [1.165, 1.54) is 0 Å². The van der Waals surface area contributed by atoms with Gasteiger partial charge in [0, 0.05) is 5.41 Å². The van der Waals surface area contributed by atoms with Gasteiger partial charge in [-0.2, -0.15) is 0 Å². The van der Waals surface area contributed by atoms with Crippen molar-refractivity contribution in [2.75, 3.05) is 0 Å². The predicted molar refractivity (Wildman–Crippen MR) is 55.3 cm³/mol. The molecule has 0 spiro atoms. The van der Waals surface area contributed by atoms with Gasteiger partial charge in [0.1, 0.15) is 0 Å². The Kier molecular flexibility index (Phi) is 2.03. The summed E-state index contributed by atoms with van der Waals surface area (Å²) in [5, 5.41) is 2.01. The lowest BCUT2D eigenvalue weighted by Gasteiger charge is -2.09. The number of hydrogen-bond donors (Lipinski definition) is 0. The molecule has 1 aliphatic carbocycles. The third-order valence-corrected chi connectivity index (χ3v) is 4.10. The third-order valence-electron chi connectivity index (χ3n) is 3.08. The molecule has 0 radical (unpaired) electrons. The first kappa shape index (κ1) is 8.95. The van der Waals surface area contributed by atoms with E-state index in [0.717, 1.165) is 29.7 Å². The number of Topliss-reactive ketones (excluding diaryl/α,β-unsaturated/α-hetero) is 1. The van der Waals surface area contributed by atoms with Crippen molar-refractivity contribution in [3.05, 3.63) is 21.9 Å². The lowest BCUT2D eigenvalue weighted by Crippen LogP contribution is -2.14. The van der Waals surface area contributed by atoms with Crippen molar-refractivity contribution in [3.63, 3.8) is 0 Å². The van der Waals surface area contributed by atoms with Crippen molar-refractivity contribution in [3.8, 4) is 0 Å². The van der Waals surface area contributed by atoms with E-state index < -0.39 is 0 Å². The van der Waals surface area contributed by atoms with Crippen LogP contribution < -0.4 is 0 Å². The molecule has 2 heteroatoms. The maximum absolute atomic E-state index is 12.1.